The number of carbonyl (C=O) groups is 1. The molecule has 0 radical (unpaired) electrons. The molecule has 0 bridgehead atoms. The summed E-state index contributed by atoms with van der Waals surface area (Å²) in [5, 5.41) is 0.846. The summed E-state index contributed by atoms with van der Waals surface area (Å²) in [6, 6.07) is 17.3. The predicted molar refractivity (Wildman–Crippen MR) is 141 cm³/mol. The standard InChI is InChI=1S/C30H31F2N3O2/c1-37-16-15-35-19-26(29-24(3-2-4-28(29)35)21-6-8-23(31)9-7-21)30(36)34-13-11-22(12-14-34)25-17-20(18-33)5-10-27(25)32/h2-10,17,19,22H,11-16,18,33H2,1H3. The molecule has 37 heavy (non-hydrogen) atoms. The molecule has 1 fully saturated rings. The molecule has 1 aromatic heterocycles. The van der Waals surface area contributed by atoms with Gasteiger partial charge in [-0.3, -0.25) is 4.79 Å². The molecule has 0 spiro atoms. The predicted octanol–water partition coefficient (Wildman–Crippen LogP) is 5.71. The maximum absolute atomic E-state index is 14.6. The van der Waals surface area contributed by atoms with Crippen LogP contribution in [0.15, 0.2) is 66.9 Å². The van der Waals surface area contributed by atoms with Crippen LogP contribution in [0.5, 0.6) is 0 Å². The molecule has 1 aliphatic heterocycles. The monoisotopic (exact) mass is 503 g/mol. The van der Waals surface area contributed by atoms with Gasteiger partial charge in [-0.05, 0) is 65.3 Å². The molecule has 1 amide bonds. The van der Waals surface area contributed by atoms with Gasteiger partial charge in [0.25, 0.3) is 5.91 Å². The Morgan fingerprint density at radius 3 is 2.51 bits per heavy atom. The Bertz CT molecular complexity index is 1410. The van der Waals surface area contributed by atoms with E-state index in [1.54, 1.807) is 25.3 Å². The second-order valence-electron chi connectivity index (χ2n) is 9.56. The highest BCUT2D eigenvalue weighted by atomic mass is 19.1. The number of methoxy groups -OCH3 is 1. The van der Waals surface area contributed by atoms with Gasteiger partial charge in [-0.1, -0.05) is 36.4 Å². The molecule has 1 aliphatic rings. The fourth-order valence-corrected chi connectivity index (χ4v) is 5.36. The number of likely N-dealkylation sites (tertiary alicyclic amines) is 1. The zero-order chi connectivity index (χ0) is 25.9. The molecule has 3 aromatic carbocycles. The van der Waals surface area contributed by atoms with Crippen molar-refractivity contribution in [2.45, 2.75) is 31.8 Å². The highest BCUT2D eigenvalue weighted by molar-refractivity contribution is 6.12. The zero-order valence-electron chi connectivity index (χ0n) is 20.9. The third-order valence-corrected chi connectivity index (χ3v) is 7.35. The van der Waals surface area contributed by atoms with E-state index >= 15 is 0 Å². The molecule has 2 heterocycles. The van der Waals surface area contributed by atoms with Gasteiger partial charge < -0.3 is 19.9 Å². The van der Waals surface area contributed by atoms with E-state index in [9.17, 15) is 13.6 Å². The number of rotatable bonds is 7. The van der Waals surface area contributed by atoms with Gasteiger partial charge in [0.15, 0.2) is 0 Å². The largest absolute Gasteiger partial charge is 0.383 e. The molecule has 192 valence electrons. The van der Waals surface area contributed by atoms with Crippen LogP contribution < -0.4 is 5.73 Å². The Hall–Kier alpha value is -3.55. The smallest absolute Gasteiger partial charge is 0.256 e. The topological polar surface area (TPSA) is 60.5 Å². The number of nitrogens with two attached hydrogens (primary N) is 1. The lowest BCUT2D eigenvalue weighted by atomic mass is 9.88. The quantitative estimate of drug-likeness (QED) is 0.351. The normalized spacial score (nSPS) is 14.4. The lowest BCUT2D eigenvalue weighted by Crippen LogP contribution is -2.38. The van der Waals surface area contributed by atoms with Crippen LogP contribution in [0.4, 0.5) is 8.78 Å². The van der Waals surface area contributed by atoms with Gasteiger partial charge in [0.05, 0.1) is 12.2 Å². The third-order valence-electron chi connectivity index (χ3n) is 7.35. The second-order valence-corrected chi connectivity index (χ2v) is 9.56. The molecule has 5 rings (SSSR count). The first-order chi connectivity index (χ1) is 18.0. The maximum atomic E-state index is 14.6. The Labute approximate surface area is 215 Å². The summed E-state index contributed by atoms with van der Waals surface area (Å²) in [6.45, 7) is 2.57. The van der Waals surface area contributed by atoms with Crippen molar-refractivity contribution in [2.24, 2.45) is 5.73 Å². The van der Waals surface area contributed by atoms with Gasteiger partial charge in [0.1, 0.15) is 11.6 Å². The summed E-state index contributed by atoms with van der Waals surface area (Å²) >= 11 is 0. The number of hydrogen-bond donors (Lipinski definition) is 1. The first-order valence-electron chi connectivity index (χ1n) is 12.6. The Balaban J connectivity index is 1.46. The minimum absolute atomic E-state index is 0.0494. The highest BCUT2D eigenvalue weighted by Crippen LogP contribution is 2.35. The van der Waals surface area contributed by atoms with Crippen LogP contribution in [0, 0.1) is 11.6 Å². The average molecular weight is 504 g/mol. The molecule has 7 heteroatoms. The number of halogens is 2. The number of fused-ring (bicyclic) bond motifs is 1. The molecule has 1 saturated heterocycles. The van der Waals surface area contributed by atoms with Crippen molar-refractivity contribution < 1.29 is 18.3 Å². The van der Waals surface area contributed by atoms with E-state index in [4.69, 9.17) is 10.5 Å². The van der Waals surface area contributed by atoms with E-state index in [-0.39, 0.29) is 23.5 Å². The van der Waals surface area contributed by atoms with Gasteiger partial charge in [-0.15, -0.1) is 0 Å². The average Bonchev–Trinajstić information content (AvgIpc) is 3.31. The van der Waals surface area contributed by atoms with Crippen LogP contribution in [0.25, 0.3) is 22.0 Å². The molecule has 4 aromatic rings. The summed E-state index contributed by atoms with van der Waals surface area (Å²) in [4.78, 5) is 15.7. The van der Waals surface area contributed by atoms with Crippen molar-refractivity contribution in [1.82, 2.24) is 9.47 Å². The number of hydrogen-bond acceptors (Lipinski definition) is 3. The van der Waals surface area contributed by atoms with Gasteiger partial charge in [-0.25, -0.2) is 8.78 Å². The van der Waals surface area contributed by atoms with E-state index in [2.05, 4.69) is 0 Å². The van der Waals surface area contributed by atoms with Crippen LogP contribution in [0.3, 0.4) is 0 Å². The lowest BCUT2D eigenvalue weighted by Gasteiger charge is -2.32. The summed E-state index contributed by atoms with van der Waals surface area (Å²) in [6.07, 6.45) is 3.27. The fraction of sp³-hybridized carbons (Fsp3) is 0.300. The van der Waals surface area contributed by atoms with E-state index in [1.807, 2.05) is 39.9 Å². The van der Waals surface area contributed by atoms with Crippen molar-refractivity contribution in [2.75, 3.05) is 26.8 Å². The highest BCUT2D eigenvalue weighted by Gasteiger charge is 2.29. The number of ether oxygens (including phenoxy) is 1. The molecule has 0 unspecified atom stereocenters. The molecule has 0 aliphatic carbocycles. The second kappa shape index (κ2) is 10.8. The number of piperidine rings is 1. The van der Waals surface area contributed by atoms with E-state index in [1.165, 1.54) is 18.2 Å². The summed E-state index contributed by atoms with van der Waals surface area (Å²) in [5.41, 5.74) is 10.6. The molecule has 0 saturated carbocycles. The van der Waals surface area contributed by atoms with Crippen LogP contribution in [-0.2, 0) is 17.8 Å². The SMILES string of the molecule is COCCn1cc(C(=O)N2CCC(c3cc(CN)ccc3F)CC2)c2c(-c3ccc(F)cc3)cccc21. The lowest BCUT2D eigenvalue weighted by molar-refractivity contribution is 0.0714. The van der Waals surface area contributed by atoms with E-state index in [0.29, 0.717) is 56.8 Å². The van der Waals surface area contributed by atoms with Crippen molar-refractivity contribution in [3.8, 4) is 11.1 Å². The van der Waals surface area contributed by atoms with Gasteiger partial charge in [-0.2, -0.15) is 0 Å². The number of benzene rings is 3. The van der Waals surface area contributed by atoms with Crippen molar-refractivity contribution in [3.05, 3.63) is 95.2 Å². The van der Waals surface area contributed by atoms with Crippen LogP contribution >= 0.6 is 0 Å². The molecular formula is C30H31F2N3O2. The van der Waals surface area contributed by atoms with Crippen LogP contribution in [0.1, 0.15) is 40.2 Å². The van der Waals surface area contributed by atoms with Crippen molar-refractivity contribution >= 4 is 16.8 Å². The first-order valence-corrected chi connectivity index (χ1v) is 12.6. The fourth-order valence-electron chi connectivity index (χ4n) is 5.36. The van der Waals surface area contributed by atoms with Crippen LogP contribution in [0.2, 0.25) is 0 Å². The number of aromatic nitrogens is 1. The Morgan fingerprint density at radius 2 is 1.81 bits per heavy atom. The molecular weight excluding hydrogens is 472 g/mol. The Morgan fingerprint density at radius 1 is 1.05 bits per heavy atom. The van der Waals surface area contributed by atoms with Gasteiger partial charge >= 0.3 is 0 Å². The van der Waals surface area contributed by atoms with Crippen LogP contribution in [-0.4, -0.2) is 42.2 Å². The Kier molecular flexibility index (Phi) is 7.35. The van der Waals surface area contributed by atoms with Gasteiger partial charge in [0, 0.05) is 50.4 Å². The molecule has 2 N–H and O–H groups in total. The maximum Gasteiger partial charge on any atom is 0.256 e. The van der Waals surface area contributed by atoms with Crippen molar-refractivity contribution in [1.29, 1.82) is 0 Å². The van der Waals surface area contributed by atoms with E-state index in [0.717, 1.165) is 27.6 Å². The summed E-state index contributed by atoms with van der Waals surface area (Å²) in [7, 11) is 1.65. The minimum Gasteiger partial charge on any atom is -0.383 e. The number of amides is 1. The number of nitrogens with zero attached hydrogens (tertiary/aromatic N) is 2. The first kappa shape index (κ1) is 25.1. The zero-order valence-corrected chi connectivity index (χ0v) is 20.9. The summed E-state index contributed by atoms with van der Waals surface area (Å²) < 4.78 is 35.5. The summed E-state index contributed by atoms with van der Waals surface area (Å²) in [5.74, 6) is -0.521. The number of carbonyl (C=O) groups excluding carboxylic acids is 1. The van der Waals surface area contributed by atoms with Gasteiger partial charge in [0.2, 0.25) is 0 Å². The van der Waals surface area contributed by atoms with E-state index < -0.39 is 0 Å². The third kappa shape index (κ3) is 5.02. The van der Waals surface area contributed by atoms with Crippen molar-refractivity contribution in [3.63, 3.8) is 0 Å². The minimum atomic E-state index is -0.304. The molecule has 5 nitrogen and oxygen atoms in total. The molecule has 0 atom stereocenters.